The van der Waals surface area contributed by atoms with Gasteiger partial charge in [-0.25, -0.2) is 0 Å². The van der Waals surface area contributed by atoms with Crippen LogP contribution in [-0.2, 0) is 15.6 Å². The summed E-state index contributed by atoms with van der Waals surface area (Å²) >= 11 is 0. The molecule has 0 amide bonds. The third-order valence-corrected chi connectivity index (χ3v) is 3.51. The molecule has 0 spiro atoms. The molecule has 0 bridgehead atoms. The lowest BCUT2D eigenvalue weighted by Gasteiger charge is -2.17. The normalized spacial score (nSPS) is 17.8. The first-order valence-electron chi connectivity index (χ1n) is 4.89. The van der Waals surface area contributed by atoms with Gasteiger partial charge in [0.15, 0.2) is 0 Å². The summed E-state index contributed by atoms with van der Waals surface area (Å²) in [5.41, 5.74) is 9.37. The van der Waals surface area contributed by atoms with Gasteiger partial charge in [-0.15, -0.1) is 0 Å². The molecule has 0 rings (SSSR count). The van der Waals surface area contributed by atoms with E-state index in [1.54, 1.807) is 6.92 Å². The van der Waals surface area contributed by atoms with Gasteiger partial charge in [0.2, 0.25) is 0 Å². The first-order chi connectivity index (χ1) is 7.25. The van der Waals surface area contributed by atoms with Crippen LogP contribution >= 0.6 is 0 Å². The Labute approximate surface area is 97.6 Å². The third kappa shape index (κ3) is 6.52. The minimum Gasteiger partial charge on any atom is -0.480 e. The fraction of sp³-hybridized carbons (Fsp3) is 0.778. The van der Waals surface area contributed by atoms with E-state index in [0.717, 1.165) is 0 Å². The van der Waals surface area contributed by atoms with E-state index in [1.807, 2.05) is 0 Å². The van der Waals surface area contributed by atoms with Crippen molar-refractivity contribution in [3.8, 4) is 0 Å². The predicted molar refractivity (Wildman–Crippen MR) is 64.9 cm³/mol. The Morgan fingerprint density at radius 3 is 2.56 bits per heavy atom. The Morgan fingerprint density at radius 2 is 2.12 bits per heavy atom. The Balaban J connectivity index is 3.92. The van der Waals surface area contributed by atoms with Crippen LogP contribution in [0.25, 0.3) is 0 Å². The van der Waals surface area contributed by atoms with E-state index in [-0.39, 0.29) is 5.75 Å². The maximum Gasteiger partial charge on any atom is 0.324 e. The highest BCUT2D eigenvalue weighted by atomic mass is 32.2. The number of nitrogens with two attached hydrogens (primary N) is 2. The van der Waals surface area contributed by atoms with Crippen LogP contribution in [-0.4, -0.2) is 44.7 Å². The largest absolute Gasteiger partial charge is 0.480 e. The van der Waals surface area contributed by atoms with Crippen molar-refractivity contribution >= 4 is 22.6 Å². The summed E-state index contributed by atoms with van der Waals surface area (Å²) in [6.45, 7) is 3.54. The van der Waals surface area contributed by atoms with Gasteiger partial charge in [-0.2, -0.15) is 0 Å². The van der Waals surface area contributed by atoms with Crippen molar-refractivity contribution in [3.63, 3.8) is 0 Å². The molecular weight excluding hydrogens is 230 g/mol. The fourth-order valence-corrected chi connectivity index (χ4v) is 2.34. The minimum atomic E-state index is -1.43. The lowest BCUT2D eigenvalue weighted by atomic mass is 10.1. The predicted octanol–water partition coefficient (Wildman–Crippen LogP) is -0.696. The lowest BCUT2D eigenvalue weighted by molar-refractivity contribution is -0.141. The standard InChI is InChI=1S/C9H19N3O3S/c1-7(10)12-4-3-5-16(15)6-9(2,11)8(13)14/h3-6,11H2,1-2H3,(H2,10,12)(H,13,14)/t9-,16?/m0/s1. The van der Waals surface area contributed by atoms with E-state index in [0.29, 0.717) is 24.6 Å². The number of carboxylic acids is 1. The summed E-state index contributed by atoms with van der Waals surface area (Å²) < 4.78 is 11.5. The molecule has 0 radical (unpaired) electrons. The average Bonchev–Trinajstić information content (AvgIpc) is 2.11. The molecule has 6 nitrogen and oxygen atoms in total. The number of carboxylic acid groups (broad SMARTS) is 1. The van der Waals surface area contributed by atoms with Gasteiger partial charge in [0, 0.05) is 23.1 Å². The zero-order valence-corrected chi connectivity index (χ0v) is 10.4. The zero-order valence-electron chi connectivity index (χ0n) is 9.60. The molecule has 7 heteroatoms. The quantitative estimate of drug-likeness (QED) is 0.313. The summed E-state index contributed by atoms with van der Waals surface area (Å²) in [6, 6.07) is 0. The van der Waals surface area contributed by atoms with Gasteiger partial charge in [0.05, 0.1) is 11.6 Å². The molecule has 0 aliphatic heterocycles. The van der Waals surface area contributed by atoms with Crippen molar-refractivity contribution in [1.29, 1.82) is 0 Å². The van der Waals surface area contributed by atoms with Gasteiger partial charge in [-0.05, 0) is 20.3 Å². The second-order valence-electron chi connectivity index (χ2n) is 3.89. The van der Waals surface area contributed by atoms with Gasteiger partial charge in [0.1, 0.15) is 5.54 Å². The molecule has 0 aliphatic rings. The maximum atomic E-state index is 11.5. The SMILES string of the molecule is CC(N)=NCCCS(=O)C[C@](C)(N)C(=O)O. The number of hydrogen-bond acceptors (Lipinski definition) is 4. The van der Waals surface area contributed by atoms with Crippen molar-refractivity contribution in [3.05, 3.63) is 0 Å². The Kier molecular flexibility index (Phi) is 6.20. The molecule has 0 saturated heterocycles. The molecule has 0 fully saturated rings. The summed E-state index contributed by atoms with van der Waals surface area (Å²) in [5.74, 6) is -0.318. The molecule has 1 unspecified atom stereocenters. The molecule has 0 aromatic heterocycles. The van der Waals surface area contributed by atoms with Gasteiger partial charge in [-0.1, -0.05) is 0 Å². The van der Waals surface area contributed by atoms with E-state index in [2.05, 4.69) is 4.99 Å². The van der Waals surface area contributed by atoms with Crippen molar-refractivity contribution < 1.29 is 14.1 Å². The molecule has 16 heavy (non-hydrogen) atoms. The van der Waals surface area contributed by atoms with Gasteiger partial charge in [0.25, 0.3) is 0 Å². The Bertz CT molecular complexity index is 298. The van der Waals surface area contributed by atoms with Crippen molar-refractivity contribution in [1.82, 2.24) is 0 Å². The monoisotopic (exact) mass is 249 g/mol. The van der Waals surface area contributed by atoms with Gasteiger partial charge < -0.3 is 16.6 Å². The molecule has 2 atom stereocenters. The van der Waals surface area contributed by atoms with Gasteiger partial charge >= 0.3 is 5.97 Å². The molecule has 0 aromatic carbocycles. The number of rotatable bonds is 7. The molecule has 94 valence electrons. The van der Waals surface area contributed by atoms with E-state index < -0.39 is 22.3 Å². The number of hydrogen-bond donors (Lipinski definition) is 3. The molecule has 5 N–H and O–H groups in total. The van der Waals surface area contributed by atoms with Crippen LogP contribution in [0.4, 0.5) is 0 Å². The summed E-state index contributed by atoms with van der Waals surface area (Å²) in [5, 5.41) is 8.74. The fourth-order valence-electron chi connectivity index (χ4n) is 0.949. The van der Waals surface area contributed by atoms with Crippen LogP contribution < -0.4 is 11.5 Å². The summed E-state index contributed by atoms with van der Waals surface area (Å²) in [6.07, 6.45) is 0.608. The van der Waals surface area contributed by atoms with Crippen molar-refractivity contribution in [2.45, 2.75) is 25.8 Å². The smallest absolute Gasteiger partial charge is 0.324 e. The maximum absolute atomic E-state index is 11.5. The van der Waals surface area contributed by atoms with Crippen molar-refractivity contribution in [2.75, 3.05) is 18.1 Å². The Hall–Kier alpha value is -0.950. The molecule has 0 saturated carbocycles. The van der Waals surface area contributed by atoms with E-state index >= 15 is 0 Å². The summed E-state index contributed by atoms with van der Waals surface area (Å²) in [4.78, 5) is 14.6. The van der Waals surface area contributed by atoms with Crippen LogP contribution in [0.3, 0.4) is 0 Å². The average molecular weight is 249 g/mol. The second-order valence-corrected chi connectivity index (χ2v) is 5.46. The number of aliphatic carboxylic acids is 1. The van der Waals surface area contributed by atoms with E-state index in [1.165, 1.54) is 6.92 Å². The van der Waals surface area contributed by atoms with Crippen LogP contribution in [0.1, 0.15) is 20.3 Å². The molecule has 0 aliphatic carbocycles. The number of aliphatic imine (C=N–C) groups is 1. The highest BCUT2D eigenvalue weighted by Crippen LogP contribution is 2.03. The summed E-state index contributed by atoms with van der Waals surface area (Å²) in [7, 11) is -1.24. The molecular formula is C9H19N3O3S. The molecule has 0 aromatic rings. The number of amidine groups is 1. The lowest BCUT2D eigenvalue weighted by Crippen LogP contribution is -2.49. The van der Waals surface area contributed by atoms with E-state index in [9.17, 15) is 9.00 Å². The molecule has 0 heterocycles. The van der Waals surface area contributed by atoms with E-state index in [4.69, 9.17) is 16.6 Å². The zero-order chi connectivity index (χ0) is 12.8. The van der Waals surface area contributed by atoms with Crippen LogP contribution in [0.5, 0.6) is 0 Å². The van der Waals surface area contributed by atoms with Crippen LogP contribution in [0.15, 0.2) is 4.99 Å². The third-order valence-electron chi connectivity index (χ3n) is 1.84. The van der Waals surface area contributed by atoms with Crippen LogP contribution in [0, 0.1) is 0 Å². The van der Waals surface area contributed by atoms with Crippen LogP contribution in [0.2, 0.25) is 0 Å². The number of carbonyl (C=O) groups is 1. The van der Waals surface area contributed by atoms with Gasteiger partial charge in [-0.3, -0.25) is 14.0 Å². The topological polar surface area (TPSA) is 119 Å². The minimum absolute atomic E-state index is 0.0480. The Morgan fingerprint density at radius 1 is 1.56 bits per heavy atom. The first-order valence-corrected chi connectivity index (χ1v) is 6.38. The first kappa shape index (κ1) is 15.0. The highest BCUT2D eigenvalue weighted by Gasteiger charge is 2.29. The highest BCUT2D eigenvalue weighted by molar-refractivity contribution is 7.85. The second kappa shape index (κ2) is 6.59. The number of nitrogens with zero attached hydrogens (tertiary/aromatic N) is 1. The van der Waals surface area contributed by atoms with Crippen molar-refractivity contribution in [2.24, 2.45) is 16.5 Å².